The lowest BCUT2D eigenvalue weighted by molar-refractivity contribution is -0.142. The second-order valence-corrected chi connectivity index (χ2v) is 17.8. The predicted octanol–water partition coefficient (Wildman–Crippen LogP) is 3.32. The molecular weight excluding hydrogens is 956 g/mol. The van der Waals surface area contributed by atoms with E-state index >= 15 is 0 Å². The van der Waals surface area contributed by atoms with Crippen LogP contribution in [0, 0.1) is 5.82 Å². The molecule has 3 heterocycles. The smallest absolute Gasteiger partial charge is 0.418 e. The van der Waals surface area contributed by atoms with Crippen molar-refractivity contribution in [3.05, 3.63) is 94.3 Å². The molecule has 1 aliphatic carbocycles. The van der Waals surface area contributed by atoms with Crippen molar-refractivity contribution < 1.29 is 75.9 Å². The fourth-order valence-electron chi connectivity index (χ4n) is 8.81. The lowest BCUT2D eigenvalue weighted by Gasteiger charge is -2.28. The van der Waals surface area contributed by atoms with Crippen LogP contribution < -0.4 is 16.0 Å². The van der Waals surface area contributed by atoms with Crippen molar-refractivity contribution in [2.75, 3.05) is 103 Å². The number of hydrogen-bond acceptors (Lipinski definition) is 16. The van der Waals surface area contributed by atoms with E-state index in [1.807, 2.05) is 13.8 Å². The Balaban J connectivity index is 0.665. The number of halogens is 1. The van der Waals surface area contributed by atoms with Gasteiger partial charge in [0.2, 0.25) is 29.2 Å². The molecule has 1 spiro atoms. The van der Waals surface area contributed by atoms with Crippen molar-refractivity contribution in [1.29, 1.82) is 0 Å². The van der Waals surface area contributed by atoms with Gasteiger partial charge in [0.1, 0.15) is 18.4 Å². The van der Waals surface area contributed by atoms with Gasteiger partial charge in [-0.2, -0.15) is 0 Å². The van der Waals surface area contributed by atoms with Gasteiger partial charge >= 0.3 is 6.09 Å². The molecule has 21 nitrogen and oxygen atoms in total. The number of nitrogens with one attached hydrogen (secondary N) is 3. The zero-order valence-electron chi connectivity index (χ0n) is 40.9. The first-order valence-electron chi connectivity index (χ1n) is 24.3. The first kappa shape index (κ1) is 54.1. The summed E-state index contributed by atoms with van der Waals surface area (Å²) < 4.78 is 52.4. The van der Waals surface area contributed by atoms with E-state index in [9.17, 15) is 42.7 Å². The van der Waals surface area contributed by atoms with Gasteiger partial charge in [-0.3, -0.25) is 43.8 Å². The van der Waals surface area contributed by atoms with Crippen molar-refractivity contribution in [3.63, 3.8) is 0 Å². The molecule has 0 radical (unpaired) electrons. The van der Waals surface area contributed by atoms with Crippen LogP contribution in [0.3, 0.4) is 0 Å². The summed E-state index contributed by atoms with van der Waals surface area (Å²) in [5.41, 5.74) is 1.76. The molecule has 0 aromatic heterocycles. The molecule has 0 bridgehead atoms. The molecule has 8 amide bonds. The maximum absolute atomic E-state index is 13.8. The van der Waals surface area contributed by atoms with Gasteiger partial charge < -0.3 is 48.7 Å². The molecule has 2 atom stereocenters. The zero-order valence-corrected chi connectivity index (χ0v) is 40.9. The molecule has 0 saturated carbocycles. The summed E-state index contributed by atoms with van der Waals surface area (Å²) in [6.07, 6.45) is -0.0595. The van der Waals surface area contributed by atoms with Gasteiger partial charge in [0, 0.05) is 48.9 Å². The van der Waals surface area contributed by atoms with Crippen LogP contribution in [0.25, 0.3) is 0 Å². The van der Waals surface area contributed by atoms with Crippen molar-refractivity contribution in [2.45, 2.75) is 70.2 Å². The number of carbonyl (C=O) groups excluding carboxylic acids is 8. The lowest BCUT2D eigenvalue weighted by atomic mass is 9.94. The molecule has 3 aromatic rings. The van der Waals surface area contributed by atoms with Crippen LogP contribution in [-0.2, 0) is 75.7 Å². The van der Waals surface area contributed by atoms with E-state index in [1.54, 1.807) is 42.5 Å². The topological polar surface area (TPSA) is 247 Å². The normalized spacial score (nSPS) is 18.2. The molecular formula is C51H61FN6O15. The fourth-order valence-corrected chi connectivity index (χ4v) is 8.81. The first-order chi connectivity index (χ1) is 35.3. The monoisotopic (exact) mass is 1020 g/mol. The summed E-state index contributed by atoms with van der Waals surface area (Å²) in [5.74, 6) is -3.98. The van der Waals surface area contributed by atoms with Gasteiger partial charge in [0.15, 0.2) is 0 Å². The minimum atomic E-state index is -1.55. The van der Waals surface area contributed by atoms with Gasteiger partial charge in [0.05, 0.1) is 96.8 Å². The molecule has 2 saturated heterocycles. The Labute approximate surface area is 421 Å². The van der Waals surface area contributed by atoms with E-state index in [4.69, 9.17) is 33.2 Å². The molecule has 3 aliphatic heterocycles. The van der Waals surface area contributed by atoms with Gasteiger partial charge in [-0.05, 0) is 74.2 Å². The van der Waals surface area contributed by atoms with Crippen molar-refractivity contribution in [2.24, 2.45) is 0 Å². The maximum Gasteiger partial charge on any atom is 0.418 e. The number of aryl methyl sites for hydroxylation is 1. The predicted molar refractivity (Wildman–Crippen MR) is 256 cm³/mol. The third-order valence-corrected chi connectivity index (χ3v) is 12.5. The minimum absolute atomic E-state index is 0.0468. The number of ether oxygens (including phenoxy) is 7. The molecule has 392 valence electrons. The van der Waals surface area contributed by atoms with Crippen LogP contribution in [0.2, 0.25) is 0 Å². The number of amides is 8. The Kier molecular flexibility index (Phi) is 19.1. The first-order valence-corrected chi connectivity index (χ1v) is 24.3. The van der Waals surface area contributed by atoms with Crippen LogP contribution >= 0.6 is 0 Å². The van der Waals surface area contributed by atoms with E-state index in [0.717, 1.165) is 15.4 Å². The van der Waals surface area contributed by atoms with E-state index in [0.29, 0.717) is 102 Å². The number of rotatable bonds is 29. The summed E-state index contributed by atoms with van der Waals surface area (Å²) in [7, 11) is 0. The quantitative estimate of drug-likeness (QED) is 0.0667. The maximum atomic E-state index is 13.8. The van der Waals surface area contributed by atoms with Crippen LogP contribution in [-0.4, -0.2) is 167 Å². The average molecular weight is 1020 g/mol. The van der Waals surface area contributed by atoms with Crippen LogP contribution in [0.1, 0.15) is 76.9 Å². The lowest BCUT2D eigenvalue weighted by Crippen LogP contribution is -2.54. The minimum Gasteiger partial charge on any atom is -0.427 e. The number of imide groups is 3. The Bertz CT molecular complexity index is 2510. The molecule has 3 N–H and O–H groups in total. The number of piperidine rings is 1. The molecule has 4 aliphatic rings. The molecule has 73 heavy (non-hydrogen) atoms. The SMILES string of the molecule is CC(C)N(Cc1ccc(F)cc1)C(=O)CN1C(=O)O[C@@]2(CCc3cc(NC(=O)CCOCCOCCOCCOCCOCCOCCNc4cccc5c4C(=O)N(C4CCC(=O)NC4=O)C5=O)ccc32)C1=O. The zero-order chi connectivity index (χ0) is 51.9. The Morgan fingerprint density at radius 2 is 1.42 bits per heavy atom. The highest BCUT2D eigenvalue weighted by Crippen LogP contribution is 2.46. The highest BCUT2D eigenvalue weighted by Gasteiger charge is 2.58. The summed E-state index contributed by atoms with van der Waals surface area (Å²) >= 11 is 0. The highest BCUT2D eigenvalue weighted by atomic mass is 19.1. The van der Waals surface area contributed by atoms with Crippen molar-refractivity contribution in [3.8, 4) is 0 Å². The summed E-state index contributed by atoms with van der Waals surface area (Å²) in [4.78, 5) is 106. The summed E-state index contributed by atoms with van der Waals surface area (Å²) in [6.45, 7) is 7.64. The largest absolute Gasteiger partial charge is 0.427 e. The Morgan fingerprint density at radius 1 is 0.795 bits per heavy atom. The standard InChI is InChI=1S/C51H61FN6O15/c1-33(2)56(31-34-6-8-36(52)9-7-34)44(61)32-57-49(65)51(73-50(57)66)16-14-35-30-37(10-11-39(35)51)54-43(60)15-18-67-20-22-69-24-26-71-28-29-72-27-25-70-23-21-68-19-17-53-40-5-3-4-38-45(40)48(64)58(47(38)63)41-12-13-42(59)55-46(41)62/h3-11,30,33,41,53H,12-29,31-32H2,1-2H3,(H,54,60)(H,55,59,62)/t41?,51-/m1/s1. The van der Waals surface area contributed by atoms with E-state index in [2.05, 4.69) is 16.0 Å². The number of hydrogen-bond donors (Lipinski definition) is 3. The van der Waals surface area contributed by atoms with Crippen LogP contribution in [0.5, 0.6) is 0 Å². The number of fused-ring (bicyclic) bond motifs is 3. The number of carbonyl (C=O) groups is 8. The second-order valence-electron chi connectivity index (χ2n) is 17.8. The number of anilines is 2. The van der Waals surface area contributed by atoms with Gasteiger partial charge in [-0.1, -0.05) is 24.3 Å². The number of nitrogens with zero attached hydrogens (tertiary/aromatic N) is 3. The van der Waals surface area contributed by atoms with Gasteiger partial charge in [-0.25, -0.2) is 14.1 Å². The Morgan fingerprint density at radius 3 is 2.05 bits per heavy atom. The molecule has 22 heteroatoms. The van der Waals surface area contributed by atoms with E-state index in [-0.39, 0.29) is 68.5 Å². The number of benzene rings is 3. The second kappa shape index (κ2) is 25.8. The highest BCUT2D eigenvalue weighted by molar-refractivity contribution is 6.25. The third kappa shape index (κ3) is 13.7. The molecule has 3 aromatic carbocycles. The molecule has 1 unspecified atom stereocenters. The molecule has 7 rings (SSSR count). The Hall–Kier alpha value is -6.69. The third-order valence-electron chi connectivity index (χ3n) is 12.5. The fraction of sp³-hybridized carbons (Fsp3) is 0.490. The van der Waals surface area contributed by atoms with Crippen LogP contribution in [0.4, 0.5) is 20.6 Å². The van der Waals surface area contributed by atoms with Crippen LogP contribution in [0.15, 0.2) is 60.7 Å². The van der Waals surface area contributed by atoms with Crippen molar-refractivity contribution >= 4 is 58.8 Å². The van der Waals surface area contributed by atoms with Gasteiger partial charge in [0.25, 0.3) is 17.7 Å². The van der Waals surface area contributed by atoms with Crippen molar-refractivity contribution in [1.82, 2.24) is 20.0 Å². The average Bonchev–Trinajstić information content (AvgIpc) is 3.94. The summed E-state index contributed by atoms with van der Waals surface area (Å²) in [6, 6.07) is 14.4. The van der Waals surface area contributed by atoms with E-state index < -0.39 is 65.5 Å². The van der Waals surface area contributed by atoms with Gasteiger partial charge in [-0.15, -0.1) is 0 Å². The molecule has 2 fully saturated rings. The summed E-state index contributed by atoms with van der Waals surface area (Å²) in [5, 5.41) is 8.15. The van der Waals surface area contributed by atoms with E-state index in [1.165, 1.54) is 23.1 Å².